The Morgan fingerprint density at radius 3 is 2.59 bits per heavy atom. The van der Waals surface area contributed by atoms with Crippen LogP contribution in [-0.4, -0.2) is 37.0 Å². The Balaban J connectivity index is 1.32. The minimum absolute atomic E-state index is 0.115. The maximum absolute atomic E-state index is 13.6. The molecule has 7 nitrogen and oxygen atoms in total. The molecule has 5 rings (SSSR count). The molecule has 1 atom stereocenters. The summed E-state index contributed by atoms with van der Waals surface area (Å²) in [7, 11) is 0. The lowest BCUT2D eigenvalue weighted by molar-refractivity contribution is 0.0731. The molecule has 0 unspecified atom stereocenters. The zero-order valence-electron chi connectivity index (χ0n) is 19.0. The largest absolute Gasteiger partial charge is 0.493 e. The minimum atomic E-state index is -0.115. The molecule has 0 N–H and O–H groups in total. The Morgan fingerprint density at radius 1 is 1.03 bits per heavy atom. The number of aromatic nitrogens is 4. The van der Waals surface area contributed by atoms with E-state index < -0.39 is 0 Å². The van der Waals surface area contributed by atoms with E-state index in [9.17, 15) is 4.79 Å². The fraction of sp³-hybridized carbons (Fsp3) is 0.259. The first-order valence-electron chi connectivity index (χ1n) is 11.6. The van der Waals surface area contributed by atoms with Gasteiger partial charge in [-0.1, -0.05) is 24.3 Å². The fourth-order valence-electron chi connectivity index (χ4n) is 4.19. The molecule has 4 aromatic rings. The zero-order valence-corrected chi connectivity index (χ0v) is 19.0. The molecule has 1 aromatic carbocycles. The first kappa shape index (κ1) is 21.8. The van der Waals surface area contributed by atoms with Gasteiger partial charge in [0.25, 0.3) is 5.91 Å². The predicted octanol–water partition coefficient (Wildman–Crippen LogP) is 4.70. The Labute approximate surface area is 198 Å². The van der Waals surface area contributed by atoms with Gasteiger partial charge in [-0.2, -0.15) is 5.10 Å². The molecule has 0 aliphatic heterocycles. The zero-order chi connectivity index (χ0) is 23.2. The van der Waals surface area contributed by atoms with Gasteiger partial charge in [0.1, 0.15) is 11.3 Å². The van der Waals surface area contributed by atoms with Crippen molar-refractivity contribution in [3.05, 3.63) is 102 Å². The smallest absolute Gasteiger partial charge is 0.259 e. The standard InChI is InChI=1S/C27H27N5O2/c33-27(25-17-30-32-16-4-13-29-26(25)32)31(19-22-11-14-28-15-12-22)18-21-7-9-24(10-8-21)34-20-23-5-2-1-3-6-23/h1-2,4,7-17,23H,3,5-6,18-20H2/t23-/m0/s1. The number of amides is 1. The Morgan fingerprint density at radius 2 is 1.82 bits per heavy atom. The van der Waals surface area contributed by atoms with Crippen LogP contribution in [0.3, 0.4) is 0 Å². The van der Waals surface area contributed by atoms with Gasteiger partial charge in [0.15, 0.2) is 5.65 Å². The van der Waals surface area contributed by atoms with Crippen molar-refractivity contribution in [2.75, 3.05) is 6.61 Å². The number of rotatable bonds is 8. The Bertz CT molecular complexity index is 1270. The van der Waals surface area contributed by atoms with Gasteiger partial charge >= 0.3 is 0 Å². The van der Waals surface area contributed by atoms with Crippen molar-refractivity contribution in [1.82, 2.24) is 24.5 Å². The number of allylic oxidation sites excluding steroid dienone is 2. The van der Waals surface area contributed by atoms with Gasteiger partial charge in [0, 0.05) is 37.9 Å². The van der Waals surface area contributed by atoms with E-state index >= 15 is 0 Å². The van der Waals surface area contributed by atoms with E-state index in [1.54, 1.807) is 41.6 Å². The van der Waals surface area contributed by atoms with Crippen molar-refractivity contribution in [3.8, 4) is 5.75 Å². The first-order valence-corrected chi connectivity index (χ1v) is 11.6. The second-order valence-corrected chi connectivity index (χ2v) is 8.57. The molecule has 0 spiro atoms. The molecule has 7 heteroatoms. The van der Waals surface area contributed by atoms with Gasteiger partial charge in [-0.25, -0.2) is 9.50 Å². The molecule has 3 aromatic heterocycles. The summed E-state index contributed by atoms with van der Waals surface area (Å²) in [4.78, 5) is 23.8. The lowest BCUT2D eigenvalue weighted by atomic mass is 9.95. The monoisotopic (exact) mass is 453 g/mol. The maximum atomic E-state index is 13.6. The van der Waals surface area contributed by atoms with Gasteiger partial charge in [-0.15, -0.1) is 0 Å². The summed E-state index contributed by atoms with van der Waals surface area (Å²) < 4.78 is 7.63. The van der Waals surface area contributed by atoms with E-state index in [0.717, 1.165) is 36.3 Å². The summed E-state index contributed by atoms with van der Waals surface area (Å²) in [5.74, 6) is 1.32. The highest BCUT2D eigenvalue weighted by atomic mass is 16.5. The van der Waals surface area contributed by atoms with Gasteiger partial charge in [0.2, 0.25) is 0 Å². The van der Waals surface area contributed by atoms with Crippen molar-refractivity contribution in [2.45, 2.75) is 32.4 Å². The average Bonchev–Trinajstić information content (AvgIpc) is 3.33. The molecule has 34 heavy (non-hydrogen) atoms. The van der Waals surface area contributed by atoms with Gasteiger partial charge in [-0.05, 0) is 66.6 Å². The third-order valence-electron chi connectivity index (χ3n) is 6.08. The molecule has 172 valence electrons. The number of carbonyl (C=O) groups is 1. The number of benzene rings is 1. The number of fused-ring (bicyclic) bond motifs is 1. The lowest BCUT2D eigenvalue weighted by Crippen LogP contribution is -2.30. The number of pyridine rings is 1. The number of hydrogen-bond donors (Lipinski definition) is 0. The number of carbonyl (C=O) groups excluding carboxylic acids is 1. The molecule has 0 saturated heterocycles. The quantitative estimate of drug-likeness (QED) is 0.362. The number of hydrogen-bond acceptors (Lipinski definition) is 5. The van der Waals surface area contributed by atoms with E-state index in [4.69, 9.17) is 4.74 Å². The molecule has 3 heterocycles. The van der Waals surface area contributed by atoms with Gasteiger partial charge in [0.05, 0.1) is 12.8 Å². The van der Waals surface area contributed by atoms with Crippen molar-refractivity contribution < 1.29 is 9.53 Å². The summed E-state index contributed by atoms with van der Waals surface area (Å²) in [6.07, 6.45) is 16.4. The first-order chi connectivity index (χ1) is 16.8. The van der Waals surface area contributed by atoms with Crippen LogP contribution in [-0.2, 0) is 13.1 Å². The van der Waals surface area contributed by atoms with Crippen LogP contribution in [0, 0.1) is 5.92 Å². The van der Waals surface area contributed by atoms with Crippen LogP contribution in [0.25, 0.3) is 5.65 Å². The van der Waals surface area contributed by atoms with Crippen LogP contribution < -0.4 is 4.74 Å². The summed E-state index contributed by atoms with van der Waals surface area (Å²) in [6.45, 7) is 1.65. The maximum Gasteiger partial charge on any atom is 0.259 e. The molecule has 1 aliphatic carbocycles. The van der Waals surface area contributed by atoms with Crippen molar-refractivity contribution in [3.63, 3.8) is 0 Å². The molecule has 0 fully saturated rings. The van der Waals surface area contributed by atoms with Crippen LogP contribution in [0.15, 0.2) is 85.6 Å². The van der Waals surface area contributed by atoms with E-state index in [-0.39, 0.29) is 5.91 Å². The molecule has 0 bridgehead atoms. The topological polar surface area (TPSA) is 72.6 Å². The van der Waals surface area contributed by atoms with Crippen molar-refractivity contribution in [1.29, 1.82) is 0 Å². The van der Waals surface area contributed by atoms with Gasteiger partial charge in [-0.3, -0.25) is 9.78 Å². The third-order valence-corrected chi connectivity index (χ3v) is 6.08. The molecule has 0 radical (unpaired) electrons. The second kappa shape index (κ2) is 10.3. The second-order valence-electron chi connectivity index (χ2n) is 8.57. The summed E-state index contributed by atoms with van der Waals surface area (Å²) in [5.41, 5.74) is 3.07. The highest BCUT2D eigenvalue weighted by Crippen LogP contribution is 2.22. The Hall–Kier alpha value is -4.00. The highest BCUT2D eigenvalue weighted by Gasteiger charge is 2.21. The van der Waals surface area contributed by atoms with Crippen LogP contribution in [0.4, 0.5) is 0 Å². The SMILES string of the molecule is O=C(c1cnn2cccnc12)N(Cc1ccncc1)Cc1ccc(OC[C@H]2CC=CCC2)cc1. The highest BCUT2D eigenvalue weighted by molar-refractivity contribution is 5.99. The number of ether oxygens (including phenoxy) is 1. The van der Waals surface area contributed by atoms with E-state index in [1.807, 2.05) is 41.3 Å². The lowest BCUT2D eigenvalue weighted by Gasteiger charge is -2.23. The molecule has 1 amide bonds. The predicted molar refractivity (Wildman–Crippen MR) is 129 cm³/mol. The van der Waals surface area contributed by atoms with Gasteiger partial charge < -0.3 is 9.64 Å². The molecular weight excluding hydrogens is 426 g/mol. The average molecular weight is 454 g/mol. The van der Waals surface area contributed by atoms with E-state index in [1.165, 1.54) is 6.42 Å². The molecule has 0 saturated carbocycles. The summed E-state index contributed by atoms with van der Waals surface area (Å²) in [5, 5.41) is 4.28. The molecule has 1 aliphatic rings. The summed E-state index contributed by atoms with van der Waals surface area (Å²) >= 11 is 0. The van der Waals surface area contributed by atoms with Crippen molar-refractivity contribution in [2.24, 2.45) is 5.92 Å². The molecular formula is C27H27N5O2. The van der Waals surface area contributed by atoms with Crippen LogP contribution >= 0.6 is 0 Å². The fourth-order valence-corrected chi connectivity index (χ4v) is 4.19. The van der Waals surface area contributed by atoms with Crippen LogP contribution in [0.5, 0.6) is 5.75 Å². The van der Waals surface area contributed by atoms with E-state index in [0.29, 0.717) is 30.2 Å². The van der Waals surface area contributed by atoms with E-state index in [2.05, 4.69) is 27.2 Å². The normalized spacial score (nSPS) is 15.4. The van der Waals surface area contributed by atoms with Crippen LogP contribution in [0.1, 0.15) is 40.7 Å². The van der Waals surface area contributed by atoms with Crippen molar-refractivity contribution >= 4 is 11.6 Å². The third kappa shape index (κ3) is 5.14. The minimum Gasteiger partial charge on any atom is -0.493 e. The number of nitrogens with zero attached hydrogens (tertiary/aromatic N) is 5. The summed E-state index contributed by atoms with van der Waals surface area (Å²) in [6, 6.07) is 13.7. The Kier molecular flexibility index (Phi) is 6.61. The van der Waals surface area contributed by atoms with Crippen LogP contribution in [0.2, 0.25) is 0 Å².